The zero-order chi connectivity index (χ0) is 17.1. The maximum atomic E-state index is 4.97. The predicted octanol–water partition coefficient (Wildman–Crippen LogP) is 6.45. The van der Waals surface area contributed by atoms with Gasteiger partial charge in [0, 0.05) is 15.4 Å². The molecule has 0 N–H and O–H groups in total. The fourth-order valence-electron chi connectivity index (χ4n) is 3.12. The first-order chi connectivity index (χ1) is 12.3. The maximum absolute atomic E-state index is 4.97. The van der Waals surface area contributed by atoms with E-state index in [1.54, 1.807) is 0 Å². The molecule has 0 aliphatic rings. The average Bonchev–Trinajstić information content (AvgIpc) is 2.67. The van der Waals surface area contributed by atoms with Crippen LogP contribution in [0.2, 0.25) is 0 Å². The Morgan fingerprint density at radius 2 is 1.48 bits per heavy atom. The zero-order valence-corrected chi connectivity index (χ0v) is 15.4. The second kappa shape index (κ2) is 7.20. The van der Waals surface area contributed by atoms with Crippen LogP contribution in [0.3, 0.4) is 0 Å². The minimum Gasteiger partial charge on any atom is -0.248 e. The number of hydrogen-bond donors (Lipinski definition) is 0. The Balaban J connectivity index is 1.69. The first kappa shape index (κ1) is 16.0. The van der Waals surface area contributed by atoms with E-state index in [-0.39, 0.29) is 0 Å². The van der Waals surface area contributed by atoms with Crippen LogP contribution in [0.4, 0.5) is 0 Å². The van der Waals surface area contributed by atoms with Gasteiger partial charge in [-0.2, -0.15) is 0 Å². The Kier molecular flexibility index (Phi) is 4.62. The Bertz CT molecular complexity index is 991. The molecule has 1 nitrogen and oxygen atoms in total. The highest BCUT2D eigenvalue weighted by atomic mass is 79.9. The molecule has 122 valence electrons. The second-order valence-corrected chi connectivity index (χ2v) is 7.09. The van der Waals surface area contributed by atoms with Gasteiger partial charge in [-0.3, -0.25) is 0 Å². The third-order valence-electron chi connectivity index (χ3n) is 4.47. The Labute approximate surface area is 156 Å². The molecule has 0 atom stereocenters. The van der Waals surface area contributed by atoms with E-state index in [2.05, 4.69) is 101 Å². The van der Waals surface area contributed by atoms with Gasteiger partial charge in [0.25, 0.3) is 0 Å². The van der Waals surface area contributed by atoms with Gasteiger partial charge in [-0.15, -0.1) is 0 Å². The van der Waals surface area contributed by atoms with Crippen LogP contribution in [0, 0.1) is 0 Å². The number of pyridine rings is 1. The van der Waals surface area contributed by atoms with Crippen molar-refractivity contribution in [2.75, 3.05) is 0 Å². The number of para-hydroxylation sites is 1. The lowest BCUT2D eigenvalue weighted by molar-refractivity contribution is 0.965. The topological polar surface area (TPSA) is 12.9 Å². The summed E-state index contributed by atoms with van der Waals surface area (Å²) in [7, 11) is 0. The van der Waals surface area contributed by atoms with E-state index in [0.717, 1.165) is 34.1 Å². The molecule has 0 aliphatic heterocycles. The van der Waals surface area contributed by atoms with Crippen molar-refractivity contribution in [3.05, 3.63) is 101 Å². The van der Waals surface area contributed by atoms with Crippen molar-refractivity contribution in [1.29, 1.82) is 0 Å². The Morgan fingerprint density at radius 3 is 2.28 bits per heavy atom. The van der Waals surface area contributed by atoms with Crippen molar-refractivity contribution in [1.82, 2.24) is 4.98 Å². The minimum atomic E-state index is 0.998. The number of halogens is 1. The summed E-state index contributed by atoms with van der Waals surface area (Å²) >= 11 is 3.49. The molecule has 0 fully saturated rings. The highest BCUT2D eigenvalue weighted by Crippen LogP contribution is 2.25. The van der Waals surface area contributed by atoms with E-state index in [0.29, 0.717) is 0 Å². The van der Waals surface area contributed by atoms with Gasteiger partial charge in [-0.25, -0.2) is 4.98 Å². The summed E-state index contributed by atoms with van der Waals surface area (Å²) < 4.78 is 1.08. The standard InChI is InChI=1S/C23H18BrN/c24-21-14-11-18(12-15-21)22-16-13-20-8-4-7-19(23(20)25-22)10-9-17-5-2-1-3-6-17/h1-8,11-16H,9-10H2. The van der Waals surface area contributed by atoms with Gasteiger partial charge in [0.15, 0.2) is 0 Å². The van der Waals surface area contributed by atoms with Crippen molar-refractivity contribution >= 4 is 26.8 Å². The fraction of sp³-hybridized carbons (Fsp3) is 0.0870. The Hall–Kier alpha value is -2.45. The number of aryl methyl sites for hydroxylation is 2. The van der Waals surface area contributed by atoms with Gasteiger partial charge in [0.1, 0.15) is 0 Å². The molecule has 4 rings (SSSR count). The van der Waals surface area contributed by atoms with Gasteiger partial charge < -0.3 is 0 Å². The van der Waals surface area contributed by atoms with E-state index in [4.69, 9.17) is 4.98 Å². The van der Waals surface area contributed by atoms with Crippen LogP contribution in [-0.4, -0.2) is 4.98 Å². The molecule has 0 bridgehead atoms. The van der Waals surface area contributed by atoms with Crippen LogP contribution in [0.1, 0.15) is 11.1 Å². The molecule has 2 heteroatoms. The van der Waals surface area contributed by atoms with E-state index in [1.165, 1.54) is 16.5 Å². The van der Waals surface area contributed by atoms with Crippen LogP contribution >= 0.6 is 15.9 Å². The van der Waals surface area contributed by atoms with Crippen molar-refractivity contribution in [3.63, 3.8) is 0 Å². The predicted molar refractivity (Wildman–Crippen MR) is 109 cm³/mol. The molecule has 25 heavy (non-hydrogen) atoms. The fourth-order valence-corrected chi connectivity index (χ4v) is 3.38. The summed E-state index contributed by atoms with van der Waals surface area (Å²) in [6, 6.07) is 29.7. The van der Waals surface area contributed by atoms with Crippen LogP contribution in [0.25, 0.3) is 22.2 Å². The number of fused-ring (bicyclic) bond motifs is 1. The molecule has 3 aromatic carbocycles. The monoisotopic (exact) mass is 387 g/mol. The van der Waals surface area contributed by atoms with E-state index < -0.39 is 0 Å². The normalized spacial score (nSPS) is 10.9. The summed E-state index contributed by atoms with van der Waals surface area (Å²) in [5, 5.41) is 1.20. The van der Waals surface area contributed by atoms with Gasteiger partial charge in [-0.05, 0) is 42.2 Å². The third-order valence-corrected chi connectivity index (χ3v) is 5.00. The van der Waals surface area contributed by atoms with Crippen LogP contribution < -0.4 is 0 Å². The van der Waals surface area contributed by atoms with Gasteiger partial charge in [-0.1, -0.05) is 82.7 Å². The SMILES string of the molecule is Brc1ccc(-c2ccc3cccc(CCc4ccccc4)c3n2)cc1. The smallest absolute Gasteiger partial charge is 0.0741 e. The summed E-state index contributed by atoms with van der Waals surface area (Å²) in [6.45, 7) is 0. The Morgan fingerprint density at radius 1 is 0.680 bits per heavy atom. The molecule has 1 heterocycles. The molecular formula is C23H18BrN. The van der Waals surface area contributed by atoms with E-state index in [9.17, 15) is 0 Å². The zero-order valence-electron chi connectivity index (χ0n) is 13.8. The molecule has 0 radical (unpaired) electrons. The van der Waals surface area contributed by atoms with Crippen LogP contribution in [0.5, 0.6) is 0 Å². The second-order valence-electron chi connectivity index (χ2n) is 6.18. The summed E-state index contributed by atoms with van der Waals surface area (Å²) in [5.41, 5.74) is 5.94. The number of aromatic nitrogens is 1. The van der Waals surface area contributed by atoms with Crippen molar-refractivity contribution in [3.8, 4) is 11.3 Å². The van der Waals surface area contributed by atoms with Crippen LogP contribution in [-0.2, 0) is 12.8 Å². The molecule has 0 unspecified atom stereocenters. The quantitative estimate of drug-likeness (QED) is 0.392. The van der Waals surface area contributed by atoms with Crippen molar-refractivity contribution < 1.29 is 0 Å². The van der Waals surface area contributed by atoms with Gasteiger partial charge in [0.05, 0.1) is 11.2 Å². The summed E-state index contributed by atoms with van der Waals surface area (Å²) in [4.78, 5) is 4.97. The van der Waals surface area contributed by atoms with Crippen molar-refractivity contribution in [2.45, 2.75) is 12.8 Å². The van der Waals surface area contributed by atoms with Crippen LogP contribution in [0.15, 0.2) is 89.4 Å². The highest BCUT2D eigenvalue weighted by molar-refractivity contribution is 9.10. The van der Waals surface area contributed by atoms with Gasteiger partial charge >= 0.3 is 0 Å². The molecule has 0 saturated carbocycles. The van der Waals surface area contributed by atoms with E-state index in [1.807, 2.05) is 0 Å². The average molecular weight is 388 g/mol. The third kappa shape index (κ3) is 3.64. The summed E-state index contributed by atoms with van der Waals surface area (Å²) in [6.07, 6.45) is 2.03. The lowest BCUT2D eigenvalue weighted by Crippen LogP contribution is -1.95. The minimum absolute atomic E-state index is 0.998. The highest BCUT2D eigenvalue weighted by Gasteiger charge is 2.06. The molecule has 1 aromatic heterocycles. The number of rotatable bonds is 4. The molecule has 0 saturated heterocycles. The first-order valence-corrected chi connectivity index (χ1v) is 9.27. The number of hydrogen-bond acceptors (Lipinski definition) is 1. The molecule has 0 aliphatic carbocycles. The largest absolute Gasteiger partial charge is 0.248 e. The maximum Gasteiger partial charge on any atom is 0.0741 e. The lowest BCUT2D eigenvalue weighted by atomic mass is 10.0. The molecular weight excluding hydrogens is 370 g/mol. The molecule has 0 spiro atoms. The first-order valence-electron chi connectivity index (χ1n) is 8.48. The lowest BCUT2D eigenvalue weighted by Gasteiger charge is -2.09. The molecule has 0 amide bonds. The number of benzene rings is 3. The summed E-state index contributed by atoms with van der Waals surface area (Å²) in [5.74, 6) is 0. The van der Waals surface area contributed by atoms with E-state index >= 15 is 0 Å². The molecule has 4 aromatic rings. The van der Waals surface area contributed by atoms with Gasteiger partial charge in [0.2, 0.25) is 0 Å². The number of nitrogens with zero attached hydrogens (tertiary/aromatic N) is 1. The van der Waals surface area contributed by atoms with Crippen molar-refractivity contribution in [2.24, 2.45) is 0 Å².